The monoisotopic (exact) mass is 274 g/mol. The Morgan fingerprint density at radius 1 is 1.15 bits per heavy atom. The van der Waals surface area contributed by atoms with E-state index >= 15 is 0 Å². The molecule has 0 amide bonds. The first kappa shape index (κ1) is 12.8. The van der Waals surface area contributed by atoms with Gasteiger partial charge in [0, 0.05) is 38.8 Å². The molecule has 1 atom stereocenters. The van der Waals surface area contributed by atoms with Crippen molar-refractivity contribution in [3.8, 4) is 0 Å². The molecule has 0 unspecified atom stereocenters. The summed E-state index contributed by atoms with van der Waals surface area (Å²) >= 11 is 0. The van der Waals surface area contributed by atoms with Gasteiger partial charge >= 0.3 is 0 Å². The number of nitrogens with zero attached hydrogens (tertiary/aromatic N) is 4. The molecule has 2 aliphatic heterocycles. The molecule has 1 aliphatic carbocycles. The van der Waals surface area contributed by atoms with E-state index in [-0.39, 0.29) is 0 Å². The largest absolute Gasteiger partial charge is 0.337 e. The lowest BCUT2D eigenvalue weighted by molar-refractivity contribution is 0.131. The second kappa shape index (κ2) is 5.15. The third-order valence-corrected chi connectivity index (χ3v) is 5.30. The highest BCUT2D eigenvalue weighted by atomic mass is 15.3. The van der Waals surface area contributed by atoms with E-state index in [1.165, 1.54) is 76.2 Å². The van der Waals surface area contributed by atoms with Crippen LogP contribution in [0.5, 0.6) is 0 Å². The minimum atomic E-state index is 0.540. The van der Waals surface area contributed by atoms with Gasteiger partial charge in [0.2, 0.25) is 0 Å². The van der Waals surface area contributed by atoms with Crippen molar-refractivity contribution >= 4 is 0 Å². The van der Waals surface area contributed by atoms with E-state index in [9.17, 15) is 0 Å². The number of fused-ring (bicyclic) bond motifs is 1. The zero-order valence-electron chi connectivity index (χ0n) is 12.6. The van der Waals surface area contributed by atoms with Crippen molar-refractivity contribution in [1.82, 2.24) is 19.4 Å². The standard InChI is InChI=1S/C16H26N4/c1-18-12-17-16-14(18)6-9-20(10-13-4-5-13)15(16)11-19-7-2-3-8-19/h12-13,15H,2-11H2,1H3/t15-/m0/s1. The highest BCUT2D eigenvalue weighted by Gasteiger charge is 2.35. The summed E-state index contributed by atoms with van der Waals surface area (Å²) in [6.45, 7) is 6.29. The molecule has 0 aromatic carbocycles. The predicted molar refractivity (Wildman–Crippen MR) is 79.6 cm³/mol. The van der Waals surface area contributed by atoms with Crippen LogP contribution in [-0.2, 0) is 13.5 Å². The summed E-state index contributed by atoms with van der Waals surface area (Å²) in [5, 5.41) is 0. The van der Waals surface area contributed by atoms with E-state index in [1.54, 1.807) is 0 Å². The number of aryl methyl sites for hydroxylation is 1. The maximum Gasteiger partial charge on any atom is 0.0949 e. The molecule has 4 rings (SSSR count). The lowest BCUT2D eigenvalue weighted by Gasteiger charge is -2.37. The van der Waals surface area contributed by atoms with Gasteiger partial charge < -0.3 is 9.47 Å². The number of likely N-dealkylation sites (tertiary alicyclic amines) is 1. The smallest absolute Gasteiger partial charge is 0.0949 e. The zero-order valence-corrected chi connectivity index (χ0v) is 12.6. The molecule has 2 fully saturated rings. The normalized spacial score (nSPS) is 27.9. The van der Waals surface area contributed by atoms with Crippen LogP contribution in [0.2, 0.25) is 0 Å². The van der Waals surface area contributed by atoms with Gasteiger partial charge in [-0.1, -0.05) is 0 Å². The Balaban J connectivity index is 1.56. The van der Waals surface area contributed by atoms with Crippen molar-refractivity contribution < 1.29 is 0 Å². The van der Waals surface area contributed by atoms with E-state index < -0.39 is 0 Å². The fourth-order valence-corrected chi connectivity index (χ4v) is 3.90. The summed E-state index contributed by atoms with van der Waals surface area (Å²) in [5.41, 5.74) is 2.84. The lowest BCUT2D eigenvalue weighted by Crippen LogP contribution is -2.42. The van der Waals surface area contributed by atoms with Crippen molar-refractivity contribution in [3.63, 3.8) is 0 Å². The minimum Gasteiger partial charge on any atom is -0.337 e. The van der Waals surface area contributed by atoms with Gasteiger partial charge in [-0.3, -0.25) is 4.90 Å². The molecule has 4 heteroatoms. The molecule has 1 saturated heterocycles. The Hall–Kier alpha value is -0.870. The molecule has 0 bridgehead atoms. The molecule has 1 saturated carbocycles. The van der Waals surface area contributed by atoms with Crippen LogP contribution >= 0.6 is 0 Å². The second-order valence-corrected chi connectivity index (χ2v) is 6.90. The molecule has 0 N–H and O–H groups in total. The van der Waals surface area contributed by atoms with Gasteiger partial charge in [-0.2, -0.15) is 0 Å². The van der Waals surface area contributed by atoms with Gasteiger partial charge in [-0.05, 0) is 44.7 Å². The van der Waals surface area contributed by atoms with Gasteiger partial charge in [0.25, 0.3) is 0 Å². The molecular formula is C16H26N4. The van der Waals surface area contributed by atoms with E-state index in [4.69, 9.17) is 4.98 Å². The maximum absolute atomic E-state index is 4.75. The third kappa shape index (κ3) is 2.40. The molecule has 0 radical (unpaired) electrons. The summed E-state index contributed by atoms with van der Waals surface area (Å²) in [5.74, 6) is 0.973. The van der Waals surface area contributed by atoms with Crippen LogP contribution in [0, 0.1) is 5.92 Å². The molecule has 110 valence electrons. The molecule has 1 aromatic heterocycles. The van der Waals surface area contributed by atoms with Crippen LogP contribution < -0.4 is 0 Å². The first-order valence-electron chi connectivity index (χ1n) is 8.28. The molecule has 3 heterocycles. The van der Waals surface area contributed by atoms with E-state index in [2.05, 4.69) is 21.4 Å². The van der Waals surface area contributed by atoms with Crippen molar-refractivity contribution in [2.24, 2.45) is 13.0 Å². The maximum atomic E-state index is 4.75. The second-order valence-electron chi connectivity index (χ2n) is 6.90. The number of imidazole rings is 1. The zero-order chi connectivity index (χ0) is 13.5. The molecule has 1 aromatic rings. The van der Waals surface area contributed by atoms with Gasteiger partial charge in [0.1, 0.15) is 0 Å². The van der Waals surface area contributed by atoms with Crippen molar-refractivity contribution in [3.05, 3.63) is 17.7 Å². The fraction of sp³-hybridized carbons (Fsp3) is 0.812. The highest BCUT2D eigenvalue weighted by molar-refractivity contribution is 5.21. The molecular weight excluding hydrogens is 248 g/mol. The molecule has 4 nitrogen and oxygen atoms in total. The van der Waals surface area contributed by atoms with Crippen LogP contribution in [0.4, 0.5) is 0 Å². The fourth-order valence-electron chi connectivity index (χ4n) is 3.90. The van der Waals surface area contributed by atoms with Gasteiger partial charge in [-0.25, -0.2) is 4.98 Å². The van der Waals surface area contributed by atoms with Crippen molar-refractivity contribution in [2.75, 3.05) is 32.7 Å². The molecule has 20 heavy (non-hydrogen) atoms. The predicted octanol–water partition coefficient (Wildman–Crippen LogP) is 1.83. The SMILES string of the molecule is Cn1cnc2c1CCN(CC1CC1)[C@H]2CN1CCCC1. The first-order chi connectivity index (χ1) is 9.81. The van der Waals surface area contributed by atoms with Crippen molar-refractivity contribution in [2.45, 2.75) is 38.1 Å². The van der Waals surface area contributed by atoms with Crippen LogP contribution in [0.1, 0.15) is 43.1 Å². The van der Waals surface area contributed by atoms with E-state index in [0.29, 0.717) is 6.04 Å². The topological polar surface area (TPSA) is 24.3 Å². The molecule has 0 spiro atoms. The first-order valence-corrected chi connectivity index (χ1v) is 8.28. The molecule has 3 aliphatic rings. The quantitative estimate of drug-likeness (QED) is 0.837. The van der Waals surface area contributed by atoms with Gasteiger partial charge in [0.05, 0.1) is 18.1 Å². The van der Waals surface area contributed by atoms with Crippen molar-refractivity contribution in [1.29, 1.82) is 0 Å². The Labute approximate surface area is 121 Å². The summed E-state index contributed by atoms with van der Waals surface area (Å²) in [4.78, 5) is 10.1. The average molecular weight is 274 g/mol. The average Bonchev–Trinajstić information content (AvgIpc) is 2.96. The Morgan fingerprint density at radius 3 is 2.70 bits per heavy atom. The van der Waals surface area contributed by atoms with Crippen LogP contribution in [0.25, 0.3) is 0 Å². The summed E-state index contributed by atoms with van der Waals surface area (Å²) in [6, 6.07) is 0.540. The number of hydrogen-bond acceptors (Lipinski definition) is 3. The number of rotatable bonds is 4. The van der Waals surface area contributed by atoms with Crippen LogP contribution in [0.3, 0.4) is 0 Å². The summed E-state index contributed by atoms with van der Waals surface area (Å²) in [7, 11) is 2.15. The minimum absolute atomic E-state index is 0.540. The summed E-state index contributed by atoms with van der Waals surface area (Å²) in [6.07, 6.45) is 8.84. The highest BCUT2D eigenvalue weighted by Crippen LogP contribution is 2.36. The lowest BCUT2D eigenvalue weighted by atomic mass is 10.0. The summed E-state index contributed by atoms with van der Waals surface area (Å²) < 4.78 is 2.24. The van der Waals surface area contributed by atoms with Crippen LogP contribution in [-0.4, -0.2) is 52.1 Å². The third-order valence-electron chi connectivity index (χ3n) is 5.30. The number of hydrogen-bond donors (Lipinski definition) is 0. The number of aromatic nitrogens is 2. The Morgan fingerprint density at radius 2 is 1.95 bits per heavy atom. The van der Waals surface area contributed by atoms with E-state index in [1.807, 2.05) is 6.33 Å². The Kier molecular flexibility index (Phi) is 3.31. The van der Waals surface area contributed by atoms with Gasteiger partial charge in [0.15, 0.2) is 0 Å². The van der Waals surface area contributed by atoms with Gasteiger partial charge in [-0.15, -0.1) is 0 Å². The van der Waals surface area contributed by atoms with Crippen LogP contribution in [0.15, 0.2) is 6.33 Å². The Bertz CT molecular complexity index is 471. The van der Waals surface area contributed by atoms with E-state index in [0.717, 1.165) is 5.92 Å².